The lowest BCUT2D eigenvalue weighted by atomic mass is 9.80. The smallest absolute Gasteiger partial charge is 0.435 e. The van der Waals surface area contributed by atoms with E-state index in [1.807, 2.05) is 6.07 Å². The second kappa shape index (κ2) is 9.49. The van der Waals surface area contributed by atoms with Crippen molar-refractivity contribution in [2.75, 3.05) is 6.54 Å². The summed E-state index contributed by atoms with van der Waals surface area (Å²) in [6, 6.07) is 8.57. The van der Waals surface area contributed by atoms with Crippen molar-refractivity contribution in [3.05, 3.63) is 52.3 Å². The molecule has 180 valence electrons. The Morgan fingerprint density at radius 3 is 2.41 bits per heavy atom. The molecule has 2 aromatic rings. The van der Waals surface area contributed by atoms with Crippen LogP contribution in [0.1, 0.15) is 60.2 Å². The third kappa shape index (κ3) is 5.08. The summed E-state index contributed by atoms with van der Waals surface area (Å²) in [5, 5.41) is 22.0. The summed E-state index contributed by atoms with van der Waals surface area (Å²) in [5.41, 5.74) is 0.765. The Kier molecular flexibility index (Phi) is 6.64. The quantitative estimate of drug-likeness (QED) is 0.707. The maximum absolute atomic E-state index is 13.6. The van der Waals surface area contributed by atoms with Gasteiger partial charge in [0, 0.05) is 18.5 Å². The largest absolute Gasteiger partial charge is 0.481 e. The van der Waals surface area contributed by atoms with Crippen LogP contribution in [0.2, 0.25) is 0 Å². The normalized spacial score (nSPS) is 20.5. The molecule has 0 unspecified atom stereocenters. The minimum Gasteiger partial charge on any atom is -0.481 e. The van der Waals surface area contributed by atoms with Gasteiger partial charge >= 0.3 is 12.1 Å². The summed E-state index contributed by atoms with van der Waals surface area (Å²) in [4.78, 5) is 25.7. The number of fused-ring (bicyclic) bond motifs is 1. The predicted molar refractivity (Wildman–Crippen MR) is 114 cm³/mol. The Labute approximate surface area is 194 Å². The van der Waals surface area contributed by atoms with Gasteiger partial charge in [-0.1, -0.05) is 12.1 Å². The summed E-state index contributed by atoms with van der Waals surface area (Å²) in [6.07, 6.45) is -1.82. The molecule has 1 aliphatic heterocycles. The van der Waals surface area contributed by atoms with Crippen LogP contribution in [-0.2, 0) is 35.3 Å². The van der Waals surface area contributed by atoms with E-state index in [9.17, 15) is 22.8 Å². The van der Waals surface area contributed by atoms with Gasteiger partial charge in [-0.15, -0.1) is 0 Å². The standard InChI is InChI=1S/C24H25F3N4O3/c25-24(26,27)22-19-9-10-30(21(32)11-15-5-7-18(8-6-15)23(33)34)14-20(19)31(29-22)13-17-3-1-16(12-28)2-4-17/h1-4,15,18H,5-11,13-14H2,(H,33,34). The van der Waals surface area contributed by atoms with E-state index in [-0.39, 0.29) is 55.8 Å². The van der Waals surface area contributed by atoms with Crippen LogP contribution in [0.5, 0.6) is 0 Å². The van der Waals surface area contributed by atoms with Crippen molar-refractivity contribution >= 4 is 11.9 Å². The number of halogens is 3. The number of nitrogens with zero attached hydrogens (tertiary/aromatic N) is 4. The molecule has 0 atom stereocenters. The number of hydrogen-bond donors (Lipinski definition) is 1. The first-order valence-electron chi connectivity index (χ1n) is 11.3. The van der Waals surface area contributed by atoms with Crippen molar-refractivity contribution in [2.45, 2.75) is 57.8 Å². The molecule has 1 aromatic heterocycles. The van der Waals surface area contributed by atoms with Crippen molar-refractivity contribution in [3.63, 3.8) is 0 Å². The van der Waals surface area contributed by atoms with Gasteiger partial charge in [-0.05, 0) is 55.7 Å². The minimum absolute atomic E-state index is 0.0536. The highest BCUT2D eigenvalue weighted by Crippen LogP contribution is 2.36. The highest BCUT2D eigenvalue weighted by atomic mass is 19.4. The molecule has 1 aliphatic carbocycles. The van der Waals surface area contributed by atoms with Gasteiger partial charge < -0.3 is 10.0 Å². The number of benzene rings is 1. The van der Waals surface area contributed by atoms with Crippen LogP contribution < -0.4 is 0 Å². The van der Waals surface area contributed by atoms with Gasteiger partial charge in [0.05, 0.1) is 36.3 Å². The van der Waals surface area contributed by atoms with Gasteiger partial charge in [-0.25, -0.2) is 0 Å². The third-order valence-electron chi connectivity index (χ3n) is 6.83. The van der Waals surface area contributed by atoms with Crippen LogP contribution in [0.3, 0.4) is 0 Å². The Bertz CT molecular complexity index is 1110. The number of aliphatic carboxylic acids is 1. The molecule has 1 saturated carbocycles. The second-order valence-corrected chi connectivity index (χ2v) is 9.06. The SMILES string of the molecule is N#Cc1ccc(Cn2nc(C(F)(F)F)c3c2CN(C(=O)CC2CCC(C(=O)O)CC2)CC3)cc1. The van der Waals surface area contributed by atoms with Crippen LogP contribution in [0.15, 0.2) is 24.3 Å². The third-order valence-corrected chi connectivity index (χ3v) is 6.83. The molecular weight excluding hydrogens is 449 g/mol. The number of carboxylic acids is 1. The summed E-state index contributed by atoms with van der Waals surface area (Å²) < 4.78 is 42.3. The highest BCUT2D eigenvalue weighted by Gasteiger charge is 2.41. The predicted octanol–water partition coefficient (Wildman–Crippen LogP) is 3.99. The van der Waals surface area contributed by atoms with Gasteiger partial charge in [-0.2, -0.15) is 23.5 Å². The number of carbonyl (C=O) groups excluding carboxylic acids is 1. The summed E-state index contributed by atoms with van der Waals surface area (Å²) in [6.45, 7) is 0.352. The molecule has 1 N–H and O–H groups in total. The van der Waals surface area contributed by atoms with E-state index in [2.05, 4.69) is 5.10 Å². The number of carboxylic acid groups (broad SMARTS) is 1. The van der Waals surface area contributed by atoms with E-state index in [0.29, 0.717) is 42.5 Å². The Hall–Kier alpha value is -3.35. The molecule has 0 spiro atoms. The second-order valence-electron chi connectivity index (χ2n) is 9.06. The van der Waals surface area contributed by atoms with E-state index in [0.717, 1.165) is 0 Å². The zero-order chi connectivity index (χ0) is 24.5. The first-order chi connectivity index (χ1) is 16.2. The van der Waals surface area contributed by atoms with Gasteiger partial charge in [0.1, 0.15) is 0 Å². The molecule has 0 bridgehead atoms. The molecule has 4 rings (SSSR count). The maximum Gasteiger partial charge on any atom is 0.435 e. The van der Waals surface area contributed by atoms with Crippen LogP contribution >= 0.6 is 0 Å². The fraction of sp³-hybridized carbons (Fsp3) is 0.500. The van der Waals surface area contributed by atoms with Gasteiger partial charge in [0.25, 0.3) is 0 Å². The number of carbonyl (C=O) groups is 2. The van der Waals surface area contributed by atoms with Crippen molar-refractivity contribution in [1.29, 1.82) is 5.26 Å². The van der Waals surface area contributed by atoms with Crippen molar-refractivity contribution < 1.29 is 27.9 Å². The summed E-state index contributed by atoms with van der Waals surface area (Å²) >= 11 is 0. The molecule has 34 heavy (non-hydrogen) atoms. The van der Waals surface area contributed by atoms with Crippen molar-refractivity contribution in [2.24, 2.45) is 11.8 Å². The monoisotopic (exact) mass is 474 g/mol. The molecule has 7 nitrogen and oxygen atoms in total. The first kappa shape index (κ1) is 23.8. The average molecular weight is 474 g/mol. The molecule has 2 heterocycles. The number of amides is 1. The molecule has 1 aromatic carbocycles. The average Bonchev–Trinajstić information content (AvgIpc) is 3.18. The number of hydrogen-bond acceptors (Lipinski definition) is 4. The Morgan fingerprint density at radius 2 is 1.82 bits per heavy atom. The molecule has 2 aliphatic rings. The van der Waals surface area contributed by atoms with Crippen molar-refractivity contribution in [1.82, 2.24) is 14.7 Å². The van der Waals surface area contributed by atoms with E-state index >= 15 is 0 Å². The summed E-state index contributed by atoms with van der Waals surface area (Å²) in [5.74, 6) is -1.19. The fourth-order valence-corrected chi connectivity index (χ4v) is 4.90. The van der Waals surface area contributed by atoms with Crippen LogP contribution in [0.25, 0.3) is 0 Å². The lowest BCUT2D eigenvalue weighted by molar-refractivity contribution is -0.143. The minimum atomic E-state index is -4.59. The van der Waals surface area contributed by atoms with E-state index in [1.54, 1.807) is 29.2 Å². The zero-order valence-corrected chi connectivity index (χ0v) is 18.5. The van der Waals surface area contributed by atoms with E-state index < -0.39 is 17.8 Å². The van der Waals surface area contributed by atoms with Crippen molar-refractivity contribution in [3.8, 4) is 6.07 Å². The van der Waals surface area contributed by atoms with Gasteiger partial charge in [-0.3, -0.25) is 14.3 Å². The number of alkyl halides is 3. The molecule has 0 saturated heterocycles. The fourth-order valence-electron chi connectivity index (χ4n) is 4.90. The van der Waals surface area contributed by atoms with Gasteiger partial charge in [0.15, 0.2) is 5.69 Å². The van der Waals surface area contributed by atoms with Crippen LogP contribution in [-0.4, -0.2) is 38.2 Å². The van der Waals surface area contributed by atoms with E-state index in [4.69, 9.17) is 10.4 Å². The van der Waals surface area contributed by atoms with E-state index in [1.165, 1.54) is 4.68 Å². The molecule has 10 heteroatoms. The summed E-state index contributed by atoms with van der Waals surface area (Å²) in [7, 11) is 0. The highest BCUT2D eigenvalue weighted by molar-refractivity contribution is 5.77. The molecule has 1 amide bonds. The molecule has 1 fully saturated rings. The molecular formula is C24H25F3N4O3. The number of aromatic nitrogens is 2. The zero-order valence-electron chi connectivity index (χ0n) is 18.5. The number of rotatable bonds is 5. The Morgan fingerprint density at radius 1 is 1.15 bits per heavy atom. The topological polar surface area (TPSA) is 99.2 Å². The van der Waals surface area contributed by atoms with Gasteiger partial charge in [0.2, 0.25) is 5.91 Å². The number of nitriles is 1. The Balaban J connectivity index is 1.50. The molecule has 0 radical (unpaired) electrons. The lowest BCUT2D eigenvalue weighted by Gasteiger charge is -2.31. The first-order valence-corrected chi connectivity index (χ1v) is 11.3. The maximum atomic E-state index is 13.6. The lowest BCUT2D eigenvalue weighted by Crippen LogP contribution is -2.38. The van der Waals surface area contributed by atoms with Crippen LogP contribution in [0, 0.1) is 23.2 Å². The van der Waals surface area contributed by atoms with Crippen LogP contribution in [0.4, 0.5) is 13.2 Å².